The summed E-state index contributed by atoms with van der Waals surface area (Å²) < 4.78 is 1.86. The molecule has 1 atom stereocenters. The first-order valence-electron chi connectivity index (χ1n) is 9.75. The number of aromatic nitrogens is 4. The number of carbonyl (C=O) groups is 1. The molecule has 1 unspecified atom stereocenters. The number of nitrogens with two attached hydrogens (primary N) is 1. The molecule has 3 aromatic rings. The summed E-state index contributed by atoms with van der Waals surface area (Å²) in [5, 5.41) is 11.0. The second-order valence-corrected chi connectivity index (χ2v) is 7.17. The number of anilines is 2. The van der Waals surface area contributed by atoms with Gasteiger partial charge in [0.2, 0.25) is 11.9 Å². The van der Waals surface area contributed by atoms with Crippen LogP contribution >= 0.6 is 0 Å². The number of hydrogen-bond acceptors (Lipinski definition) is 6. The molecule has 1 amide bonds. The number of carbonyl (C=O) groups excluding carboxylic acids is 1. The first-order valence-corrected chi connectivity index (χ1v) is 9.75. The van der Waals surface area contributed by atoms with Crippen LogP contribution in [0.15, 0.2) is 30.5 Å². The van der Waals surface area contributed by atoms with Gasteiger partial charge < -0.3 is 16.4 Å². The van der Waals surface area contributed by atoms with Gasteiger partial charge in [0.05, 0.1) is 18.8 Å². The van der Waals surface area contributed by atoms with Gasteiger partial charge in [0, 0.05) is 13.0 Å². The van der Waals surface area contributed by atoms with E-state index in [0.717, 1.165) is 48.0 Å². The Labute approximate surface area is 163 Å². The number of hydrogen-bond donors (Lipinski definition) is 3. The minimum atomic E-state index is 0.126. The Balaban J connectivity index is 1.51. The zero-order chi connectivity index (χ0) is 19.5. The van der Waals surface area contributed by atoms with Gasteiger partial charge in [-0.15, -0.1) is 0 Å². The summed E-state index contributed by atoms with van der Waals surface area (Å²) in [6.07, 6.45) is 5.51. The van der Waals surface area contributed by atoms with Crippen LogP contribution in [0.4, 0.5) is 11.8 Å². The molecule has 4 rings (SSSR count). The van der Waals surface area contributed by atoms with Crippen molar-refractivity contribution in [3.63, 3.8) is 0 Å². The molecule has 8 nitrogen and oxygen atoms in total. The highest BCUT2D eigenvalue weighted by atomic mass is 16.1. The van der Waals surface area contributed by atoms with Crippen LogP contribution in [0.5, 0.6) is 0 Å². The third-order valence-corrected chi connectivity index (χ3v) is 4.97. The topological polar surface area (TPSA) is 111 Å². The summed E-state index contributed by atoms with van der Waals surface area (Å²) >= 11 is 0. The van der Waals surface area contributed by atoms with Crippen LogP contribution in [0.2, 0.25) is 0 Å². The van der Waals surface area contributed by atoms with Crippen LogP contribution in [-0.2, 0) is 11.3 Å². The van der Waals surface area contributed by atoms with Crippen molar-refractivity contribution in [2.75, 3.05) is 17.6 Å². The average molecular weight is 379 g/mol. The molecule has 28 heavy (non-hydrogen) atoms. The van der Waals surface area contributed by atoms with Gasteiger partial charge >= 0.3 is 0 Å². The normalized spacial score (nSPS) is 16.5. The number of unbranched alkanes of at least 4 members (excludes halogenated alkanes) is 1. The number of rotatable bonds is 7. The molecule has 2 aromatic heterocycles. The number of nitrogens with zero attached hydrogens (tertiary/aromatic N) is 4. The molecule has 1 aliphatic heterocycles. The molecule has 4 N–H and O–H groups in total. The van der Waals surface area contributed by atoms with Crippen LogP contribution in [-0.4, -0.2) is 32.2 Å². The molecule has 0 saturated carbocycles. The Morgan fingerprint density at radius 1 is 1.29 bits per heavy atom. The average Bonchev–Trinajstić information content (AvgIpc) is 3.28. The third-order valence-electron chi connectivity index (χ3n) is 4.97. The predicted octanol–water partition coefficient (Wildman–Crippen LogP) is 2.62. The SMILES string of the molecule is CCCCNc1nc(N)nc2cn(Cc3ccc(C4CCC(=O)N4)cc3)nc12. The molecule has 1 aromatic carbocycles. The summed E-state index contributed by atoms with van der Waals surface area (Å²) in [6, 6.07) is 8.43. The maximum atomic E-state index is 11.4. The highest BCUT2D eigenvalue weighted by Gasteiger charge is 2.21. The van der Waals surface area contributed by atoms with Crippen LogP contribution in [0, 0.1) is 0 Å². The molecule has 0 aliphatic carbocycles. The van der Waals surface area contributed by atoms with E-state index in [4.69, 9.17) is 5.73 Å². The quantitative estimate of drug-likeness (QED) is 0.544. The van der Waals surface area contributed by atoms with Crippen molar-refractivity contribution in [2.45, 2.75) is 45.2 Å². The van der Waals surface area contributed by atoms with Gasteiger partial charge in [-0.3, -0.25) is 9.48 Å². The molecule has 0 spiro atoms. The molecule has 146 valence electrons. The Morgan fingerprint density at radius 2 is 2.11 bits per heavy atom. The summed E-state index contributed by atoms with van der Waals surface area (Å²) in [5.74, 6) is 1.05. The Morgan fingerprint density at radius 3 is 2.82 bits per heavy atom. The zero-order valence-electron chi connectivity index (χ0n) is 16.0. The van der Waals surface area contributed by atoms with Gasteiger partial charge in [-0.2, -0.15) is 10.1 Å². The fourth-order valence-electron chi connectivity index (χ4n) is 3.47. The van der Waals surface area contributed by atoms with E-state index >= 15 is 0 Å². The maximum absolute atomic E-state index is 11.4. The van der Waals surface area contributed by atoms with Crippen LogP contribution in [0.1, 0.15) is 49.8 Å². The van der Waals surface area contributed by atoms with Gasteiger partial charge in [-0.05, 0) is 24.0 Å². The fraction of sp³-hybridized carbons (Fsp3) is 0.400. The summed E-state index contributed by atoms with van der Waals surface area (Å²) in [7, 11) is 0. The molecule has 1 saturated heterocycles. The van der Waals surface area contributed by atoms with Crippen LogP contribution in [0.3, 0.4) is 0 Å². The van der Waals surface area contributed by atoms with Gasteiger partial charge in [0.15, 0.2) is 11.3 Å². The number of nitrogens with one attached hydrogen (secondary N) is 2. The van der Waals surface area contributed by atoms with Crippen molar-refractivity contribution >= 4 is 28.7 Å². The van der Waals surface area contributed by atoms with Crippen molar-refractivity contribution in [2.24, 2.45) is 0 Å². The molecular weight excluding hydrogens is 354 g/mol. The summed E-state index contributed by atoms with van der Waals surface area (Å²) in [5.41, 5.74) is 9.58. The summed E-state index contributed by atoms with van der Waals surface area (Å²) in [4.78, 5) is 20.0. The van der Waals surface area contributed by atoms with E-state index in [-0.39, 0.29) is 17.9 Å². The maximum Gasteiger partial charge on any atom is 0.222 e. The zero-order valence-corrected chi connectivity index (χ0v) is 16.0. The lowest BCUT2D eigenvalue weighted by Gasteiger charge is -2.11. The van der Waals surface area contributed by atoms with Crippen LogP contribution < -0.4 is 16.4 Å². The summed E-state index contributed by atoms with van der Waals surface area (Å²) in [6.45, 7) is 3.60. The largest absolute Gasteiger partial charge is 0.368 e. The van der Waals surface area contributed by atoms with Crippen LogP contribution in [0.25, 0.3) is 11.0 Å². The van der Waals surface area contributed by atoms with E-state index < -0.39 is 0 Å². The molecule has 1 aliphatic rings. The lowest BCUT2D eigenvalue weighted by molar-refractivity contribution is -0.119. The third kappa shape index (κ3) is 3.90. The fourth-order valence-corrected chi connectivity index (χ4v) is 3.47. The van der Waals surface area contributed by atoms with Gasteiger partial charge in [0.25, 0.3) is 0 Å². The highest BCUT2D eigenvalue weighted by Crippen LogP contribution is 2.24. The van der Waals surface area contributed by atoms with E-state index in [1.807, 2.05) is 10.9 Å². The van der Waals surface area contributed by atoms with Crippen molar-refractivity contribution < 1.29 is 4.79 Å². The van der Waals surface area contributed by atoms with Gasteiger partial charge in [-0.25, -0.2) is 4.98 Å². The van der Waals surface area contributed by atoms with E-state index in [9.17, 15) is 4.79 Å². The standard InChI is InChI=1S/C20H25N7O/c1-2-3-10-22-19-18-16(24-20(21)25-19)12-27(26-18)11-13-4-6-14(7-5-13)15-8-9-17(28)23-15/h4-7,12,15H,2-3,8-11H2,1H3,(H,23,28)(H3,21,22,24,25). The second-order valence-electron chi connectivity index (χ2n) is 7.17. The van der Waals surface area contributed by atoms with E-state index in [0.29, 0.717) is 18.8 Å². The molecule has 1 fully saturated rings. The van der Waals surface area contributed by atoms with E-state index in [1.165, 1.54) is 0 Å². The number of benzene rings is 1. The lowest BCUT2D eigenvalue weighted by Crippen LogP contribution is -2.18. The predicted molar refractivity (Wildman–Crippen MR) is 109 cm³/mol. The molecule has 8 heteroatoms. The molecule has 3 heterocycles. The first kappa shape index (κ1) is 18.2. The lowest BCUT2D eigenvalue weighted by atomic mass is 10.0. The van der Waals surface area contributed by atoms with Crippen molar-refractivity contribution in [1.29, 1.82) is 0 Å². The second kappa shape index (κ2) is 7.84. The van der Waals surface area contributed by atoms with Gasteiger partial charge in [0.1, 0.15) is 5.52 Å². The molecule has 0 bridgehead atoms. The molecule has 0 radical (unpaired) electrons. The number of amides is 1. The minimum absolute atomic E-state index is 0.126. The van der Waals surface area contributed by atoms with E-state index in [2.05, 4.69) is 56.9 Å². The smallest absolute Gasteiger partial charge is 0.222 e. The molecular formula is C20H25N7O. The first-order chi connectivity index (χ1) is 13.6. The number of fused-ring (bicyclic) bond motifs is 1. The van der Waals surface area contributed by atoms with Crippen molar-refractivity contribution in [3.05, 3.63) is 41.6 Å². The van der Waals surface area contributed by atoms with Crippen molar-refractivity contribution in [3.8, 4) is 0 Å². The Bertz CT molecular complexity index is 980. The number of nitrogen functional groups attached to an aromatic ring is 1. The van der Waals surface area contributed by atoms with Crippen molar-refractivity contribution in [1.82, 2.24) is 25.1 Å². The van der Waals surface area contributed by atoms with Gasteiger partial charge in [-0.1, -0.05) is 37.6 Å². The Kier molecular flexibility index (Phi) is 5.10. The highest BCUT2D eigenvalue weighted by molar-refractivity contribution is 5.85. The Hall–Kier alpha value is -3.16. The minimum Gasteiger partial charge on any atom is -0.368 e. The van der Waals surface area contributed by atoms with E-state index in [1.54, 1.807) is 0 Å². The monoisotopic (exact) mass is 379 g/mol.